The molecule has 5 heteroatoms. The van der Waals surface area contributed by atoms with Gasteiger partial charge in [0.05, 0.1) is 0 Å². The van der Waals surface area contributed by atoms with E-state index in [0.29, 0.717) is 17.9 Å². The zero-order valence-electron chi connectivity index (χ0n) is 7.46. The molecule has 2 rings (SSSR count). The fourth-order valence-corrected chi connectivity index (χ4v) is 1.38. The van der Waals surface area contributed by atoms with Gasteiger partial charge in [0, 0.05) is 6.04 Å². The summed E-state index contributed by atoms with van der Waals surface area (Å²) in [4.78, 5) is 0. The summed E-state index contributed by atoms with van der Waals surface area (Å²) in [6.45, 7) is 2.13. The molecular formula is C8H12ClN3O. The monoisotopic (exact) mass is 201 g/mol. The number of rotatable bonds is 4. The molecule has 1 unspecified atom stereocenters. The van der Waals surface area contributed by atoms with Crippen LogP contribution < -0.4 is 5.32 Å². The van der Waals surface area contributed by atoms with Gasteiger partial charge in [-0.3, -0.25) is 0 Å². The third kappa shape index (κ3) is 2.12. The van der Waals surface area contributed by atoms with Crippen molar-refractivity contribution in [2.75, 3.05) is 5.32 Å². The molecule has 13 heavy (non-hydrogen) atoms. The van der Waals surface area contributed by atoms with Crippen molar-refractivity contribution in [3.63, 3.8) is 0 Å². The Morgan fingerprint density at radius 3 is 2.92 bits per heavy atom. The van der Waals surface area contributed by atoms with Crippen LogP contribution >= 0.6 is 11.6 Å². The molecule has 0 aliphatic heterocycles. The molecule has 1 N–H and O–H groups in total. The Kier molecular flexibility index (Phi) is 2.40. The molecule has 4 nitrogen and oxygen atoms in total. The zero-order valence-corrected chi connectivity index (χ0v) is 8.21. The highest BCUT2D eigenvalue weighted by Crippen LogP contribution is 2.33. The summed E-state index contributed by atoms with van der Waals surface area (Å²) >= 11 is 5.53. The molecule has 1 saturated carbocycles. The Balaban J connectivity index is 1.92. The minimum Gasteiger partial charge on any atom is -0.407 e. The summed E-state index contributed by atoms with van der Waals surface area (Å²) in [5.41, 5.74) is 0. The van der Waals surface area contributed by atoms with Crippen molar-refractivity contribution >= 4 is 17.6 Å². The van der Waals surface area contributed by atoms with Crippen LogP contribution in [0.2, 0.25) is 0 Å². The molecule has 0 radical (unpaired) electrons. The highest BCUT2D eigenvalue weighted by atomic mass is 35.5. The minimum atomic E-state index is 0.270. The summed E-state index contributed by atoms with van der Waals surface area (Å²) < 4.78 is 5.22. The van der Waals surface area contributed by atoms with Gasteiger partial charge >= 0.3 is 6.01 Å². The van der Waals surface area contributed by atoms with E-state index in [9.17, 15) is 0 Å². The number of alkyl halides is 1. The Morgan fingerprint density at radius 1 is 1.62 bits per heavy atom. The molecule has 1 aliphatic rings. The van der Waals surface area contributed by atoms with Crippen LogP contribution in [-0.4, -0.2) is 16.2 Å². The average Bonchev–Trinajstić information content (AvgIpc) is 2.88. The summed E-state index contributed by atoms with van der Waals surface area (Å²) in [7, 11) is 0. The number of hydrogen-bond acceptors (Lipinski definition) is 4. The second kappa shape index (κ2) is 3.54. The maximum atomic E-state index is 5.53. The van der Waals surface area contributed by atoms with E-state index in [4.69, 9.17) is 16.0 Å². The predicted octanol–water partition coefficient (Wildman–Crippen LogP) is 2.02. The molecule has 0 bridgehead atoms. The van der Waals surface area contributed by atoms with E-state index in [1.165, 1.54) is 12.8 Å². The lowest BCUT2D eigenvalue weighted by Crippen LogP contribution is -2.17. The lowest BCUT2D eigenvalue weighted by atomic mass is 10.2. The summed E-state index contributed by atoms with van der Waals surface area (Å²) in [6.07, 6.45) is 2.59. The standard InChI is InChI=1S/C8H12ClN3O/c1-5(6-2-3-6)10-8-12-11-7(4-9)13-8/h5-6H,2-4H2,1H3,(H,10,12). The molecule has 0 spiro atoms. The van der Waals surface area contributed by atoms with Gasteiger partial charge in [0.15, 0.2) is 0 Å². The lowest BCUT2D eigenvalue weighted by molar-refractivity contribution is 0.514. The van der Waals surface area contributed by atoms with Crippen LogP contribution in [0, 0.1) is 5.92 Å². The second-order valence-corrected chi connectivity index (χ2v) is 3.67. The first kappa shape index (κ1) is 8.81. The van der Waals surface area contributed by atoms with Crippen LogP contribution in [0.4, 0.5) is 6.01 Å². The Labute approximate surface area is 81.7 Å². The number of nitrogens with zero attached hydrogens (tertiary/aromatic N) is 2. The van der Waals surface area contributed by atoms with Gasteiger partial charge in [0.1, 0.15) is 5.88 Å². The van der Waals surface area contributed by atoms with Gasteiger partial charge in [-0.2, -0.15) is 0 Å². The van der Waals surface area contributed by atoms with Gasteiger partial charge in [-0.05, 0) is 25.7 Å². The van der Waals surface area contributed by atoms with Crippen LogP contribution in [-0.2, 0) is 5.88 Å². The fraction of sp³-hybridized carbons (Fsp3) is 0.750. The number of hydrogen-bond donors (Lipinski definition) is 1. The SMILES string of the molecule is CC(Nc1nnc(CCl)o1)C1CC1. The summed E-state index contributed by atoms with van der Waals surface area (Å²) in [6, 6.07) is 0.902. The van der Waals surface area contributed by atoms with E-state index in [-0.39, 0.29) is 5.88 Å². The van der Waals surface area contributed by atoms with Crippen molar-refractivity contribution in [1.29, 1.82) is 0 Å². The first-order valence-corrected chi connectivity index (χ1v) is 4.98. The van der Waals surface area contributed by atoms with E-state index in [1.807, 2.05) is 0 Å². The fourth-order valence-electron chi connectivity index (χ4n) is 1.27. The van der Waals surface area contributed by atoms with Crippen LogP contribution in [0.3, 0.4) is 0 Å². The molecule has 0 aromatic carbocycles. The van der Waals surface area contributed by atoms with Crippen molar-refractivity contribution < 1.29 is 4.42 Å². The second-order valence-electron chi connectivity index (χ2n) is 3.41. The van der Waals surface area contributed by atoms with Crippen molar-refractivity contribution in [3.05, 3.63) is 5.89 Å². The quantitative estimate of drug-likeness (QED) is 0.758. The third-order valence-electron chi connectivity index (χ3n) is 2.26. The average molecular weight is 202 g/mol. The summed E-state index contributed by atoms with van der Waals surface area (Å²) in [5, 5.41) is 10.7. The minimum absolute atomic E-state index is 0.270. The molecule has 1 aromatic rings. The van der Waals surface area contributed by atoms with E-state index in [2.05, 4.69) is 22.4 Å². The Bertz CT molecular complexity index is 285. The molecule has 1 aliphatic carbocycles. The molecular weight excluding hydrogens is 190 g/mol. The lowest BCUT2D eigenvalue weighted by Gasteiger charge is -2.08. The predicted molar refractivity (Wildman–Crippen MR) is 49.7 cm³/mol. The zero-order chi connectivity index (χ0) is 9.26. The van der Waals surface area contributed by atoms with Crippen LogP contribution in [0.25, 0.3) is 0 Å². The van der Waals surface area contributed by atoms with E-state index in [0.717, 1.165) is 5.92 Å². The third-order valence-corrected chi connectivity index (χ3v) is 2.49. The number of anilines is 1. The van der Waals surface area contributed by atoms with Gasteiger partial charge < -0.3 is 9.73 Å². The first-order chi connectivity index (χ1) is 6.29. The van der Waals surface area contributed by atoms with Crippen LogP contribution in [0.15, 0.2) is 4.42 Å². The van der Waals surface area contributed by atoms with Crippen molar-refractivity contribution in [2.24, 2.45) is 5.92 Å². The highest BCUT2D eigenvalue weighted by Gasteiger charge is 2.28. The molecule has 1 aromatic heterocycles. The van der Waals surface area contributed by atoms with Crippen molar-refractivity contribution in [1.82, 2.24) is 10.2 Å². The van der Waals surface area contributed by atoms with Gasteiger partial charge in [-0.25, -0.2) is 0 Å². The van der Waals surface area contributed by atoms with Gasteiger partial charge in [-0.1, -0.05) is 5.10 Å². The topological polar surface area (TPSA) is 51.0 Å². The molecule has 1 atom stereocenters. The number of nitrogens with one attached hydrogen (secondary N) is 1. The molecule has 72 valence electrons. The van der Waals surface area contributed by atoms with Gasteiger partial charge in [0.2, 0.25) is 5.89 Å². The molecule has 1 heterocycles. The maximum absolute atomic E-state index is 5.53. The van der Waals surface area contributed by atoms with Crippen LogP contribution in [0.1, 0.15) is 25.7 Å². The van der Waals surface area contributed by atoms with Crippen molar-refractivity contribution in [2.45, 2.75) is 31.7 Å². The molecule has 0 amide bonds. The Morgan fingerprint density at radius 2 is 2.38 bits per heavy atom. The van der Waals surface area contributed by atoms with Gasteiger partial charge in [-0.15, -0.1) is 16.7 Å². The van der Waals surface area contributed by atoms with E-state index in [1.54, 1.807) is 0 Å². The highest BCUT2D eigenvalue weighted by molar-refractivity contribution is 6.16. The smallest absolute Gasteiger partial charge is 0.315 e. The summed E-state index contributed by atoms with van der Waals surface area (Å²) in [5.74, 6) is 1.51. The van der Waals surface area contributed by atoms with Crippen molar-refractivity contribution in [3.8, 4) is 0 Å². The first-order valence-electron chi connectivity index (χ1n) is 4.44. The number of halogens is 1. The normalized spacial score (nSPS) is 18.6. The van der Waals surface area contributed by atoms with E-state index < -0.39 is 0 Å². The Hall–Kier alpha value is -0.770. The molecule has 1 fully saturated rings. The largest absolute Gasteiger partial charge is 0.407 e. The van der Waals surface area contributed by atoms with E-state index >= 15 is 0 Å². The van der Waals surface area contributed by atoms with Gasteiger partial charge in [0.25, 0.3) is 0 Å². The van der Waals surface area contributed by atoms with Crippen LogP contribution in [0.5, 0.6) is 0 Å². The molecule has 0 saturated heterocycles. The maximum Gasteiger partial charge on any atom is 0.315 e. The number of aromatic nitrogens is 2.